The molecule has 6 nitrogen and oxygen atoms in total. The van der Waals surface area contributed by atoms with Gasteiger partial charge in [-0.25, -0.2) is 4.68 Å². The second kappa shape index (κ2) is 6.91. The molecule has 0 spiro atoms. The number of nitrogens with two attached hydrogens (primary N) is 1. The van der Waals surface area contributed by atoms with Crippen molar-refractivity contribution in [3.8, 4) is 11.5 Å². The molecule has 0 radical (unpaired) electrons. The van der Waals surface area contributed by atoms with E-state index in [1.165, 1.54) is 0 Å². The van der Waals surface area contributed by atoms with Gasteiger partial charge < -0.3 is 15.2 Å². The van der Waals surface area contributed by atoms with Crippen LogP contribution in [0.3, 0.4) is 0 Å². The third-order valence-corrected chi connectivity index (χ3v) is 3.88. The molecule has 0 aliphatic carbocycles. The topological polar surface area (TPSA) is 75.2 Å². The Morgan fingerprint density at radius 2 is 2.00 bits per heavy atom. The van der Waals surface area contributed by atoms with Crippen LogP contribution in [0.15, 0.2) is 22.8 Å². The summed E-state index contributed by atoms with van der Waals surface area (Å²) in [5, 5.41) is 8.22. The van der Waals surface area contributed by atoms with Crippen molar-refractivity contribution in [2.75, 3.05) is 14.2 Å². The number of methoxy groups -OCH3 is 2. The van der Waals surface area contributed by atoms with Gasteiger partial charge >= 0.3 is 0 Å². The Bertz CT molecular complexity index is 615. The maximum absolute atomic E-state index is 5.96. The molecule has 1 aromatic heterocycles. The molecule has 0 fully saturated rings. The molecule has 0 aliphatic rings. The van der Waals surface area contributed by atoms with Crippen molar-refractivity contribution in [3.05, 3.63) is 34.1 Å². The molecular formula is C14H19BrN4O2. The molecule has 21 heavy (non-hydrogen) atoms. The summed E-state index contributed by atoms with van der Waals surface area (Å²) in [5.74, 6) is 1.51. The summed E-state index contributed by atoms with van der Waals surface area (Å²) >= 11 is 3.44. The lowest BCUT2D eigenvalue weighted by atomic mass is 10.2. The van der Waals surface area contributed by atoms with E-state index < -0.39 is 0 Å². The number of hydrogen-bond donors (Lipinski definition) is 1. The van der Waals surface area contributed by atoms with E-state index in [0.29, 0.717) is 6.54 Å². The van der Waals surface area contributed by atoms with Crippen LogP contribution in [0.4, 0.5) is 0 Å². The Hall–Kier alpha value is -1.60. The molecule has 2 N–H and O–H groups in total. The van der Waals surface area contributed by atoms with Gasteiger partial charge in [-0.15, -0.1) is 5.10 Å². The summed E-state index contributed by atoms with van der Waals surface area (Å²) in [5.41, 5.74) is 7.71. The predicted octanol–water partition coefficient (Wildman–Crippen LogP) is 2.52. The zero-order valence-electron chi connectivity index (χ0n) is 12.3. The van der Waals surface area contributed by atoms with Crippen LogP contribution in [0, 0.1) is 0 Å². The highest BCUT2D eigenvalue weighted by atomic mass is 79.9. The van der Waals surface area contributed by atoms with Crippen LogP contribution in [-0.4, -0.2) is 29.2 Å². The molecule has 1 unspecified atom stereocenters. The van der Waals surface area contributed by atoms with Crippen molar-refractivity contribution in [3.63, 3.8) is 0 Å². The van der Waals surface area contributed by atoms with Crippen LogP contribution < -0.4 is 15.2 Å². The fourth-order valence-corrected chi connectivity index (χ4v) is 2.48. The van der Waals surface area contributed by atoms with Gasteiger partial charge in [-0.3, -0.25) is 0 Å². The maximum atomic E-state index is 5.96. The molecule has 2 aromatic rings. The maximum Gasteiger partial charge on any atom is 0.133 e. The molecule has 7 heteroatoms. The average Bonchev–Trinajstić information content (AvgIpc) is 2.96. The van der Waals surface area contributed by atoms with Gasteiger partial charge in [0, 0.05) is 5.56 Å². The summed E-state index contributed by atoms with van der Waals surface area (Å²) < 4.78 is 13.3. The lowest BCUT2D eigenvalue weighted by Crippen LogP contribution is -2.08. The van der Waals surface area contributed by atoms with Crippen LogP contribution in [0.5, 0.6) is 11.5 Å². The molecule has 0 saturated carbocycles. The second-order valence-corrected chi connectivity index (χ2v) is 5.51. The zero-order chi connectivity index (χ0) is 15.4. The van der Waals surface area contributed by atoms with Gasteiger partial charge in [-0.2, -0.15) is 0 Å². The summed E-state index contributed by atoms with van der Waals surface area (Å²) in [7, 11) is 3.27. The molecule has 0 bridgehead atoms. The van der Waals surface area contributed by atoms with E-state index in [1.807, 2.05) is 25.3 Å². The number of rotatable bonds is 6. The average molecular weight is 355 g/mol. The second-order valence-electron chi connectivity index (χ2n) is 4.65. The van der Waals surface area contributed by atoms with Crippen molar-refractivity contribution in [1.29, 1.82) is 0 Å². The Balaban J connectivity index is 2.28. The first kappa shape index (κ1) is 15.8. The Morgan fingerprint density at radius 3 is 2.62 bits per heavy atom. The zero-order valence-corrected chi connectivity index (χ0v) is 13.9. The Kier molecular flexibility index (Phi) is 5.19. The molecular weight excluding hydrogens is 336 g/mol. The third kappa shape index (κ3) is 3.54. The van der Waals surface area contributed by atoms with Crippen molar-refractivity contribution < 1.29 is 9.47 Å². The standard InChI is InChI=1S/C14H19BrN4O2/c1-4-11(16)12-8-19(18-17-12)7-9-5-14(21-3)10(15)6-13(9)20-2/h5-6,8,11H,4,7,16H2,1-3H3. The van der Waals surface area contributed by atoms with E-state index in [4.69, 9.17) is 15.2 Å². The molecule has 114 valence electrons. The summed E-state index contributed by atoms with van der Waals surface area (Å²) in [4.78, 5) is 0. The van der Waals surface area contributed by atoms with Crippen LogP contribution in [-0.2, 0) is 6.54 Å². The molecule has 1 aromatic carbocycles. The van der Waals surface area contributed by atoms with E-state index in [2.05, 4.69) is 26.2 Å². The minimum Gasteiger partial charge on any atom is -0.496 e. The number of aromatic nitrogens is 3. The van der Waals surface area contributed by atoms with Crippen molar-refractivity contribution in [1.82, 2.24) is 15.0 Å². The Morgan fingerprint density at radius 1 is 1.29 bits per heavy atom. The van der Waals surface area contributed by atoms with Gasteiger partial charge in [0.2, 0.25) is 0 Å². The number of benzene rings is 1. The van der Waals surface area contributed by atoms with Gasteiger partial charge in [0.1, 0.15) is 11.5 Å². The molecule has 1 heterocycles. The van der Waals surface area contributed by atoms with E-state index in [0.717, 1.165) is 33.6 Å². The molecule has 0 aliphatic heterocycles. The smallest absolute Gasteiger partial charge is 0.133 e. The lowest BCUT2D eigenvalue weighted by molar-refractivity contribution is 0.394. The van der Waals surface area contributed by atoms with Crippen LogP contribution in [0.1, 0.15) is 30.6 Å². The van der Waals surface area contributed by atoms with Crippen molar-refractivity contribution in [2.45, 2.75) is 25.9 Å². The summed E-state index contributed by atoms with van der Waals surface area (Å²) in [6.07, 6.45) is 2.69. The lowest BCUT2D eigenvalue weighted by Gasteiger charge is -2.12. The highest BCUT2D eigenvalue weighted by Gasteiger charge is 2.13. The molecule has 0 saturated heterocycles. The number of halogens is 1. The van der Waals surface area contributed by atoms with Crippen molar-refractivity contribution in [2.24, 2.45) is 5.73 Å². The molecule has 2 rings (SSSR count). The minimum absolute atomic E-state index is 0.0832. The number of ether oxygens (including phenoxy) is 2. The van der Waals surface area contributed by atoms with Crippen LogP contribution >= 0.6 is 15.9 Å². The predicted molar refractivity (Wildman–Crippen MR) is 83.6 cm³/mol. The first-order chi connectivity index (χ1) is 10.1. The summed E-state index contributed by atoms with van der Waals surface area (Å²) in [6, 6.07) is 3.72. The highest BCUT2D eigenvalue weighted by Crippen LogP contribution is 2.33. The van der Waals surface area contributed by atoms with Gasteiger partial charge in [0.15, 0.2) is 0 Å². The fourth-order valence-electron chi connectivity index (χ4n) is 1.99. The SMILES string of the molecule is CCC(N)c1cn(Cc2cc(OC)c(Br)cc2OC)nn1. The van der Waals surface area contributed by atoms with E-state index in [-0.39, 0.29) is 6.04 Å². The molecule has 1 atom stereocenters. The third-order valence-electron chi connectivity index (χ3n) is 3.26. The Labute approximate surface area is 132 Å². The first-order valence-electron chi connectivity index (χ1n) is 6.65. The van der Waals surface area contributed by atoms with E-state index in [1.54, 1.807) is 18.9 Å². The quantitative estimate of drug-likeness (QED) is 0.862. The fraction of sp³-hybridized carbons (Fsp3) is 0.429. The highest BCUT2D eigenvalue weighted by molar-refractivity contribution is 9.10. The number of nitrogens with zero attached hydrogens (tertiary/aromatic N) is 3. The van der Waals surface area contributed by atoms with Gasteiger partial charge in [-0.05, 0) is 34.5 Å². The molecule has 0 amide bonds. The monoisotopic (exact) mass is 354 g/mol. The number of hydrogen-bond acceptors (Lipinski definition) is 5. The van der Waals surface area contributed by atoms with Gasteiger partial charge in [0.05, 0.1) is 43.2 Å². The van der Waals surface area contributed by atoms with E-state index in [9.17, 15) is 0 Å². The van der Waals surface area contributed by atoms with Crippen LogP contribution in [0.25, 0.3) is 0 Å². The largest absolute Gasteiger partial charge is 0.496 e. The van der Waals surface area contributed by atoms with Crippen molar-refractivity contribution >= 4 is 15.9 Å². The first-order valence-corrected chi connectivity index (χ1v) is 7.44. The van der Waals surface area contributed by atoms with Gasteiger partial charge in [-0.1, -0.05) is 12.1 Å². The summed E-state index contributed by atoms with van der Waals surface area (Å²) in [6.45, 7) is 2.56. The van der Waals surface area contributed by atoms with Crippen LogP contribution in [0.2, 0.25) is 0 Å². The van der Waals surface area contributed by atoms with E-state index >= 15 is 0 Å². The normalized spacial score (nSPS) is 12.2. The minimum atomic E-state index is -0.0832. The van der Waals surface area contributed by atoms with Gasteiger partial charge in [0.25, 0.3) is 0 Å².